The van der Waals surface area contributed by atoms with Gasteiger partial charge >= 0.3 is 5.97 Å². The monoisotopic (exact) mass is 320 g/mol. The fourth-order valence-corrected chi connectivity index (χ4v) is 2.00. The van der Waals surface area contributed by atoms with E-state index in [1.165, 1.54) is 12.8 Å². The first kappa shape index (κ1) is 21.4. The predicted octanol–water partition coefficient (Wildman–Crippen LogP) is 5.19. The van der Waals surface area contributed by atoms with Crippen molar-refractivity contribution in [3.05, 3.63) is 48.6 Å². The van der Waals surface area contributed by atoms with Gasteiger partial charge in [0, 0.05) is 6.42 Å². The zero-order valence-corrected chi connectivity index (χ0v) is 14.4. The molecular formula is C20H32O3. The number of aliphatic hydroxyl groups is 1. The van der Waals surface area contributed by atoms with Gasteiger partial charge in [0.15, 0.2) is 0 Å². The lowest BCUT2D eigenvalue weighted by Gasteiger charge is -2.02. The van der Waals surface area contributed by atoms with E-state index in [0.29, 0.717) is 0 Å². The first-order valence-corrected chi connectivity index (χ1v) is 8.71. The van der Waals surface area contributed by atoms with E-state index in [1.807, 2.05) is 36.5 Å². The predicted molar refractivity (Wildman–Crippen MR) is 97.4 cm³/mol. The molecule has 0 heterocycles. The van der Waals surface area contributed by atoms with Crippen LogP contribution in [0.15, 0.2) is 48.6 Å². The highest BCUT2D eigenvalue weighted by Crippen LogP contribution is 2.04. The van der Waals surface area contributed by atoms with Crippen LogP contribution in [0.25, 0.3) is 0 Å². The van der Waals surface area contributed by atoms with E-state index in [4.69, 9.17) is 5.11 Å². The van der Waals surface area contributed by atoms with Gasteiger partial charge in [0.2, 0.25) is 0 Å². The van der Waals surface area contributed by atoms with E-state index < -0.39 is 5.97 Å². The van der Waals surface area contributed by atoms with Crippen LogP contribution in [0.1, 0.15) is 64.7 Å². The topological polar surface area (TPSA) is 57.5 Å². The second-order valence-electron chi connectivity index (χ2n) is 5.61. The summed E-state index contributed by atoms with van der Waals surface area (Å²) in [6.07, 6.45) is 23.5. The maximum Gasteiger partial charge on any atom is 0.303 e. The van der Waals surface area contributed by atoms with Crippen LogP contribution >= 0.6 is 0 Å². The molecule has 0 aliphatic rings. The first-order valence-electron chi connectivity index (χ1n) is 8.71. The molecule has 0 aliphatic carbocycles. The Bertz CT molecular complexity index is 392. The molecule has 0 saturated carbocycles. The molecule has 0 aliphatic heterocycles. The number of carbonyl (C=O) groups is 1. The van der Waals surface area contributed by atoms with Crippen molar-refractivity contribution in [1.29, 1.82) is 0 Å². The van der Waals surface area contributed by atoms with E-state index in [0.717, 1.165) is 38.5 Å². The summed E-state index contributed by atoms with van der Waals surface area (Å²) in [4.78, 5) is 10.3. The molecule has 0 aromatic carbocycles. The molecule has 2 N–H and O–H groups in total. The van der Waals surface area contributed by atoms with Gasteiger partial charge in [-0.3, -0.25) is 4.79 Å². The molecule has 0 saturated heterocycles. The van der Waals surface area contributed by atoms with E-state index in [2.05, 4.69) is 19.1 Å². The Morgan fingerprint density at radius 1 is 0.957 bits per heavy atom. The highest BCUT2D eigenvalue weighted by molar-refractivity contribution is 5.66. The first-order chi connectivity index (χ1) is 11.2. The van der Waals surface area contributed by atoms with Crippen LogP contribution in [0, 0.1) is 0 Å². The molecule has 0 radical (unpaired) electrons. The summed E-state index contributed by atoms with van der Waals surface area (Å²) in [7, 11) is 0. The van der Waals surface area contributed by atoms with Crippen molar-refractivity contribution in [2.75, 3.05) is 0 Å². The standard InChI is InChI=1S/C20H32O3/c1-2-3-13-16-19(21)17-14-11-9-7-5-4-6-8-10-12-15-18-20(22)23/h4-6,8-9,11,14,17,19,21H,2-3,7,10,12-13,15-16,18H2,1H3,(H,22,23). The van der Waals surface area contributed by atoms with Gasteiger partial charge in [0.05, 0.1) is 6.10 Å². The SMILES string of the molecule is CCCCCC(O)C=CC=CCC=CC=CCCCCC(=O)O. The Balaban J connectivity index is 3.59. The molecule has 3 nitrogen and oxygen atoms in total. The molecule has 23 heavy (non-hydrogen) atoms. The number of rotatable bonds is 14. The molecule has 1 unspecified atom stereocenters. The quantitative estimate of drug-likeness (QED) is 0.342. The zero-order valence-electron chi connectivity index (χ0n) is 14.4. The lowest BCUT2D eigenvalue weighted by Crippen LogP contribution is -2.00. The van der Waals surface area contributed by atoms with Crippen molar-refractivity contribution in [2.45, 2.75) is 70.8 Å². The van der Waals surface area contributed by atoms with E-state index >= 15 is 0 Å². The lowest BCUT2D eigenvalue weighted by atomic mass is 10.1. The number of aliphatic hydroxyl groups excluding tert-OH is 1. The third-order valence-electron chi connectivity index (χ3n) is 3.35. The van der Waals surface area contributed by atoms with E-state index in [9.17, 15) is 9.90 Å². The maximum atomic E-state index is 10.3. The molecule has 0 rings (SSSR count). The van der Waals surface area contributed by atoms with Gasteiger partial charge < -0.3 is 10.2 Å². The molecule has 0 bridgehead atoms. The van der Waals surface area contributed by atoms with Crippen LogP contribution in [-0.4, -0.2) is 22.3 Å². The van der Waals surface area contributed by atoms with Crippen molar-refractivity contribution < 1.29 is 15.0 Å². The fraction of sp³-hybridized carbons (Fsp3) is 0.550. The van der Waals surface area contributed by atoms with Gasteiger partial charge in [0.25, 0.3) is 0 Å². The van der Waals surface area contributed by atoms with Crippen LogP contribution < -0.4 is 0 Å². The second kappa shape index (κ2) is 16.8. The number of hydrogen-bond acceptors (Lipinski definition) is 2. The Kier molecular flexibility index (Phi) is 15.6. The summed E-state index contributed by atoms with van der Waals surface area (Å²) in [5.74, 6) is -0.719. The van der Waals surface area contributed by atoms with E-state index in [1.54, 1.807) is 0 Å². The Hall–Kier alpha value is -1.61. The second-order valence-corrected chi connectivity index (χ2v) is 5.61. The third kappa shape index (κ3) is 18.3. The zero-order chi connectivity index (χ0) is 17.2. The average molecular weight is 320 g/mol. The van der Waals surface area contributed by atoms with Gasteiger partial charge in [-0.15, -0.1) is 0 Å². The minimum absolute atomic E-state index is 0.259. The summed E-state index contributed by atoms with van der Waals surface area (Å²) in [5.41, 5.74) is 0. The molecular weight excluding hydrogens is 288 g/mol. The third-order valence-corrected chi connectivity index (χ3v) is 3.35. The van der Waals surface area contributed by atoms with Crippen LogP contribution in [0.2, 0.25) is 0 Å². The fourth-order valence-electron chi connectivity index (χ4n) is 2.00. The molecule has 0 spiro atoms. The summed E-state index contributed by atoms with van der Waals surface area (Å²) < 4.78 is 0. The minimum atomic E-state index is -0.719. The Morgan fingerprint density at radius 3 is 2.35 bits per heavy atom. The largest absolute Gasteiger partial charge is 0.481 e. The van der Waals surface area contributed by atoms with Crippen molar-refractivity contribution in [3.63, 3.8) is 0 Å². The van der Waals surface area contributed by atoms with Crippen LogP contribution in [0.5, 0.6) is 0 Å². The summed E-state index contributed by atoms with van der Waals surface area (Å²) in [6, 6.07) is 0. The number of allylic oxidation sites excluding steroid dienone is 7. The van der Waals surface area contributed by atoms with Gasteiger partial charge in [-0.05, 0) is 32.1 Å². The molecule has 0 fully saturated rings. The van der Waals surface area contributed by atoms with Crippen LogP contribution in [-0.2, 0) is 4.79 Å². The summed E-state index contributed by atoms with van der Waals surface area (Å²) in [5, 5.41) is 18.2. The average Bonchev–Trinajstić information content (AvgIpc) is 2.51. The molecule has 130 valence electrons. The maximum absolute atomic E-state index is 10.3. The van der Waals surface area contributed by atoms with Crippen molar-refractivity contribution in [3.8, 4) is 0 Å². The Morgan fingerprint density at radius 2 is 1.65 bits per heavy atom. The van der Waals surface area contributed by atoms with E-state index in [-0.39, 0.29) is 12.5 Å². The van der Waals surface area contributed by atoms with Gasteiger partial charge in [0.1, 0.15) is 0 Å². The number of aliphatic carboxylic acids is 1. The minimum Gasteiger partial charge on any atom is -0.481 e. The highest BCUT2D eigenvalue weighted by atomic mass is 16.4. The smallest absolute Gasteiger partial charge is 0.303 e. The molecule has 3 heteroatoms. The number of unbranched alkanes of at least 4 members (excludes halogenated alkanes) is 4. The molecule has 0 amide bonds. The summed E-state index contributed by atoms with van der Waals surface area (Å²) >= 11 is 0. The Labute approximate surface area is 141 Å². The summed E-state index contributed by atoms with van der Waals surface area (Å²) in [6.45, 7) is 2.16. The number of hydrogen-bond donors (Lipinski definition) is 2. The molecule has 0 aromatic rings. The van der Waals surface area contributed by atoms with Gasteiger partial charge in [-0.2, -0.15) is 0 Å². The van der Waals surface area contributed by atoms with Crippen molar-refractivity contribution in [2.24, 2.45) is 0 Å². The highest BCUT2D eigenvalue weighted by Gasteiger charge is 1.96. The molecule has 0 aromatic heterocycles. The van der Waals surface area contributed by atoms with Gasteiger partial charge in [-0.1, -0.05) is 74.8 Å². The normalized spacial score (nSPS) is 13.8. The van der Waals surface area contributed by atoms with Crippen LogP contribution in [0.3, 0.4) is 0 Å². The van der Waals surface area contributed by atoms with Crippen molar-refractivity contribution >= 4 is 5.97 Å². The van der Waals surface area contributed by atoms with Crippen molar-refractivity contribution in [1.82, 2.24) is 0 Å². The van der Waals surface area contributed by atoms with Gasteiger partial charge in [-0.25, -0.2) is 0 Å². The lowest BCUT2D eigenvalue weighted by molar-refractivity contribution is -0.137. The number of carboxylic acids is 1. The van der Waals surface area contributed by atoms with Crippen LogP contribution in [0.4, 0.5) is 0 Å². The number of carboxylic acid groups (broad SMARTS) is 1. The molecule has 1 atom stereocenters.